The summed E-state index contributed by atoms with van der Waals surface area (Å²) in [5, 5.41) is 15.8. The van der Waals surface area contributed by atoms with Crippen LogP contribution in [0.5, 0.6) is 0 Å². The molecule has 0 unspecified atom stereocenters. The molecule has 0 atom stereocenters. The average molecular weight is 538 g/mol. The van der Waals surface area contributed by atoms with E-state index in [0.717, 1.165) is 38.6 Å². The Morgan fingerprint density at radius 2 is 1.86 bits per heavy atom. The van der Waals surface area contributed by atoms with E-state index in [2.05, 4.69) is 50.7 Å². The number of nitriles is 1. The molecule has 7 heteroatoms. The second kappa shape index (κ2) is 9.92. The molecule has 0 aliphatic rings. The first-order chi connectivity index (χ1) is 17.5. The van der Waals surface area contributed by atoms with E-state index in [1.54, 1.807) is 12.3 Å². The molecule has 5 rings (SSSR count). The fourth-order valence-electron chi connectivity index (χ4n) is 4.58. The number of hydrogen-bond donors (Lipinski definition) is 0. The van der Waals surface area contributed by atoms with Gasteiger partial charge in [-0.3, -0.25) is 4.79 Å². The van der Waals surface area contributed by atoms with Gasteiger partial charge >= 0.3 is 0 Å². The molecule has 0 aliphatic heterocycles. The molecule has 0 saturated carbocycles. The predicted molar refractivity (Wildman–Crippen MR) is 148 cm³/mol. The monoisotopic (exact) mass is 537 g/mol. The third-order valence-electron chi connectivity index (χ3n) is 6.40. The van der Waals surface area contributed by atoms with Gasteiger partial charge in [0.2, 0.25) is 0 Å². The lowest BCUT2D eigenvalue weighted by molar-refractivity contribution is 0.703. The van der Waals surface area contributed by atoms with Crippen molar-refractivity contribution >= 4 is 44.0 Å². The summed E-state index contributed by atoms with van der Waals surface area (Å²) in [7, 11) is 0. The van der Waals surface area contributed by atoms with E-state index in [9.17, 15) is 10.1 Å². The molecule has 3 aromatic carbocycles. The maximum atomic E-state index is 13.4. The van der Waals surface area contributed by atoms with Crippen LogP contribution in [0, 0.1) is 18.3 Å². The van der Waals surface area contributed by atoms with Gasteiger partial charge in [-0.2, -0.15) is 15.0 Å². The lowest BCUT2D eigenvalue weighted by atomic mass is 10.1. The van der Waals surface area contributed by atoms with Gasteiger partial charge in [0.15, 0.2) is 0 Å². The topological polar surface area (TPSA) is 76.0 Å². The summed E-state index contributed by atoms with van der Waals surface area (Å²) in [6, 6.07) is 23.6. The van der Waals surface area contributed by atoms with Gasteiger partial charge in [-0.15, -0.1) is 0 Å². The Morgan fingerprint density at radius 1 is 1.08 bits per heavy atom. The molecule has 0 spiro atoms. The average Bonchev–Trinajstić information content (AvgIpc) is 3.15. The van der Waals surface area contributed by atoms with Gasteiger partial charge in [0.1, 0.15) is 5.82 Å². The van der Waals surface area contributed by atoms with Gasteiger partial charge < -0.3 is 4.57 Å². The highest BCUT2D eigenvalue weighted by Gasteiger charge is 2.15. The summed E-state index contributed by atoms with van der Waals surface area (Å²) in [6.07, 6.45) is 3.25. The Bertz CT molecular complexity index is 1740. The molecule has 0 radical (unpaired) electrons. The number of halogens is 1. The number of aromatic nitrogens is 3. The first kappa shape index (κ1) is 23.7. The number of rotatable bonds is 6. The van der Waals surface area contributed by atoms with Gasteiger partial charge in [0.25, 0.3) is 5.56 Å². The molecule has 0 aliphatic carbocycles. The number of hydrogen-bond acceptors (Lipinski definition) is 4. The third kappa shape index (κ3) is 4.25. The third-order valence-corrected chi connectivity index (χ3v) is 6.89. The number of nitrogens with zero attached hydrogens (tertiary/aromatic N) is 5. The maximum absolute atomic E-state index is 13.4. The van der Waals surface area contributed by atoms with E-state index in [-0.39, 0.29) is 5.56 Å². The minimum atomic E-state index is -0.190. The van der Waals surface area contributed by atoms with Crippen molar-refractivity contribution in [1.29, 1.82) is 5.26 Å². The lowest BCUT2D eigenvalue weighted by Crippen LogP contribution is -2.22. The smallest absolute Gasteiger partial charge is 0.282 e. The van der Waals surface area contributed by atoms with Crippen LogP contribution in [0.25, 0.3) is 21.8 Å². The van der Waals surface area contributed by atoms with Crippen molar-refractivity contribution in [2.45, 2.75) is 33.2 Å². The molecule has 178 valence electrons. The highest BCUT2D eigenvalue weighted by molar-refractivity contribution is 9.10. The van der Waals surface area contributed by atoms with E-state index in [4.69, 9.17) is 4.98 Å². The van der Waals surface area contributed by atoms with Gasteiger partial charge in [0, 0.05) is 39.6 Å². The first-order valence-electron chi connectivity index (χ1n) is 11.8. The van der Waals surface area contributed by atoms with Crippen LogP contribution in [0.4, 0.5) is 0 Å². The maximum Gasteiger partial charge on any atom is 0.282 e. The van der Waals surface area contributed by atoms with Crippen LogP contribution >= 0.6 is 15.9 Å². The predicted octanol–water partition coefficient (Wildman–Crippen LogP) is 6.18. The molecule has 0 saturated heterocycles. The zero-order valence-corrected chi connectivity index (χ0v) is 21.7. The molecule has 0 bridgehead atoms. The summed E-state index contributed by atoms with van der Waals surface area (Å²) < 4.78 is 4.44. The quantitative estimate of drug-likeness (QED) is 0.243. The Labute approximate surface area is 217 Å². The molecule has 0 N–H and O–H groups in total. The molecule has 6 nitrogen and oxygen atoms in total. The van der Waals surface area contributed by atoms with Crippen LogP contribution in [0.1, 0.15) is 41.6 Å². The van der Waals surface area contributed by atoms with Crippen LogP contribution in [0.15, 0.2) is 81.1 Å². The van der Waals surface area contributed by atoms with Crippen molar-refractivity contribution in [2.24, 2.45) is 5.10 Å². The SMILES string of the molecule is CCCc1nc2ccc(Br)cc2c(=O)n1N=Cc1c(C)n(Cc2ccccc2C#N)c2ccccc12. The van der Waals surface area contributed by atoms with Gasteiger partial charge in [-0.1, -0.05) is 59.3 Å². The lowest BCUT2D eigenvalue weighted by Gasteiger charge is -2.10. The summed E-state index contributed by atoms with van der Waals surface area (Å²) in [5.41, 5.74) is 5.09. The summed E-state index contributed by atoms with van der Waals surface area (Å²) >= 11 is 3.46. The van der Waals surface area contributed by atoms with Crippen LogP contribution in [0.2, 0.25) is 0 Å². The van der Waals surface area contributed by atoms with Crippen molar-refractivity contribution in [3.05, 3.63) is 110 Å². The number of fused-ring (bicyclic) bond motifs is 2. The standard InChI is InChI=1S/C29H24BrN5O/c1-3-8-28-33-26-14-13-22(30)15-24(26)29(36)35(28)32-17-25-19(2)34(27-12-7-6-11-23(25)27)18-21-10-5-4-9-20(21)16-31/h4-7,9-15,17H,3,8,18H2,1-2H3. The largest absolute Gasteiger partial charge is 0.340 e. The van der Waals surface area contributed by atoms with Crippen LogP contribution in [-0.2, 0) is 13.0 Å². The van der Waals surface area contributed by atoms with Crippen molar-refractivity contribution < 1.29 is 0 Å². The van der Waals surface area contributed by atoms with E-state index >= 15 is 0 Å². The van der Waals surface area contributed by atoms with E-state index in [1.165, 1.54) is 4.68 Å². The van der Waals surface area contributed by atoms with Gasteiger partial charge in [-0.05, 0) is 49.2 Å². The molecular formula is C29H24BrN5O. The number of benzene rings is 3. The van der Waals surface area contributed by atoms with E-state index < -0.39 is 0 Å². The minimum Gasteiger partial charge on any atom is -0.340 e. The summed E-state index contributed by atoms with van der Waals surface area (Å²) in [5.74, 6) is 0.637. The Balaban J connectivity index is 1.66. The highest BCUT2D eigenvalue weighted by Crippen LogP contribution is 2.26. The number of para-hydroxylation sites is 1. The van der Waals surface area contributed by atoms with Crippen molar-refractivity contribution in [3.8, 4) is 6.07 Å². The molecule has 0 fully saturated rings. The zero-order valence-electron chi connectivity index (χ0n) is 20.1. The Morgan fingerprint density at radius 3 is 2.67 bits per heavy atom. The first-order valence-corrected chi connectivity index (χ1v) is 12.6. The number of aryl methyl sites for hydroxylation is 1. The molecule has 2 aromatic heterocycles. The Kier molecular flexibility index (Phi) is 6.53. The molecular weight excluding hydrogens is 514 g/mol. The summed E-state index contributed by atoms with van der Waals surface area (Å²) in [6.45, 7) is 4.67. The van der Waals surface area contributed by atoms with E-state index in [1.807, 2.05) is 55.5 Å². The van der Waals surface area contributed by atoms with Crippen molar-refractivity contribution in [3.63, 3.8) is 0 Å². The van der Waals surface area contributed by atoms with Crippen molar-refractivity contribution in [1.82, 2.24) is 14.2 Å². The molecule has 36 heavy (non-hydrogen) atoms. The van der Waals surface area contributed by atoms with Crippen LogP contribution in [0.3, 0.4) is 0 Å². The fourth-order valence-corrected chi connectivity index (χ4v) is 4.94. The Hall–Kier alpha value is -4.02. The normalized spacial score (nSPS) is 11.5. The van der Waals surface area contributed by atoms with Gasteiger partial charge in [0.05, 0.1) is 28.8 Å². The van der Waals surface area contributed by atoms with Crippen molar-refractivity contribution in [2.75, 3.05) is 0 Å². The van der Waals surface area contributed by atoms with Crippen LogP contribution in [-0.4, -0.2) is 20.4 Å². The minimum absolute atomic E-state index is 0.190. The molecule has 0 amide bonds. The fraction of sp³-hybridized carbons (Fsp3) is 0.172. The second-order valence-electron chi connectivity index (χ2n) is 8.67. The zero-order chi connectivity index (χ0) is 25.2. The second-order valence-corrected chi connectivity index (χ2v) is 9.59. The van der Waals surface area contributed by atoms with E-state index in [0.29, 0.717) is 35.3 Å². The molecule has 5 aromatic rings. The van der Waals surface area contributed by atoms with Crippen LogP contribution < -0.4 is 5.56 Å². The van der Waals surface area contributed by atoms with Gasteiger partial charge in [-0.25, -0.2) is 4.98 Å². The highest BCUT2D eigenvalue weighted by atomic mass is 79.9. The summed E-state index contributed by atoms with van der Waals surface area (Å²) in [4.78, 5) is 18.2. The molecule has 2 heterocycles.